The van der Waals surface area contributed by atoms with Crippen LogP contribution in [-0.4, -0.2) is 30.5 Å². The predicted octanol–water partition coefficient (Wildman–Crippen LogP) is 2.32. The van der Waals surface area contributed by atoms with Gasteiger partial charge in [0.05, 0.1) is 41.2 Å². The van der Waals surface area contributed by atoms with E-state index in [9.17, 15) is 4.79 Å². The van der Waals surface area contributed by atoms with Gasteiger partial charge in [-0.25, -0.2) is 0 Å². The van der Waals surface area contributed by atoms with Crippen molar-refractivity contribution in [2.45, 2.75) is 13.8 Å². The summed E-state index contributed by atoms with van der Waals surface area (Å²) in [6, 6.07) is 1.93. The van der Waals surface area contributed by atoms with Gasteiger partial charge in [-0.2, -0.15) is 10.2 Å². The van der Waals surface area contributed by atoms with Crippen molar-refractivity contribution in [1.29, 1.82) is 0 Å². The maximum atomic E-state index is 12.5. The van der Waals surface area contributed by atoms with Gasteiger partial charge in [0.2, 0.25) is 0 Å². The smallest absolute Gasteiger partial charge is 0.258 e. The average molecular weight is 349 g/mol. The molecule has 8 nitrogen and oxygen atoms in total. The summed E-state index contributed by atoms with van der Waals surface area (Å²) < 4.78 is 3.51. The topological polar surface area (TPSA) is 89.7 Å². The first-order valence-corrected chi connectivity index (χ1v) is 8.21. The van der Waals surface area contributed by atoms with Crippen LogP contribution < -0.4 is 10.6 Å². The Morgan fingerprint density at radius 1 is 1.15 bits per heavy atom. The normalized spacial score (nSPS) is 15.0. The summed E-state index contributed by atoms with van der Waals surface area (Å²) in [6.07, 6.45) is 7.06. The summed E-state index contributed by atoms with van der Waals surface area (Å²) >= 11 is 0. The van der Waals surface area contributed by atoms with Crippen LogP contribution in [-0.2, 0) is 18.9 Å². The molecule has 0 atom stereocenters. The Morgan fingerprint density at radius 2 is 1.96 bits per heavy atom. The van der Waals surface area contributed by atoms with Crippen LogP contribution in [0.2, 0.25) is 0 Å². The number of rotatable bonds is 3. The summed E-state index contributed by atoms with van der Waals surface area (Å²) in [5, 5.41) is 14.5. The van der Waals surface area contributed by atoms with Crippen molar-refractivity contribution in [2.24, 2.45) is 14.1 Å². The molecule has 0 spiro atoms. The molecule has 1 aliphatic heterocycles. The number of hydrogen-bond acceptors (Lipinski definition) is 5. The Balaban J connectivity index is 1.78. The van der Waals surface area contributed by atoms with Gasteiger partial charge in [-0.1, -0.05) is 0 Å². The van der Waals surface area contributed by atoms with E-state index in [2.05, 4.69) is 25.8 Å². The zero-order valence-corrected chi connectivity index (χ0v) is 15.0. The molecule has 0 saturated heterocycles. The molecule has 2 N–H and O–H groups in total. The largest absolute Gasteiger partial charge is 0.356 e. The minimum absolute atomic E-state index is 0.143. The Labute approximate surface area is 150 Å². The van der Waals surface area contributed by atoms with Crippen molar-refractivity contribution in [2.75, 3.05) is 10.6 Å². The summed E-state index contributed by atoms with van der Waals surface area (Å²) in [5.41, 5.74) is 6.49. The van der Waals surface area contributed by atoms with Crippen molar-refractivity contribution in [3.05, 3.63) is 47.8 Å². The molecule has 132 valence electrons. The number of amides is 1. The Bertz CT molecular complexity index is 1060. The van der Waals surface area contributed by atoms with E-state index in [1.807, 2.05) is 40.2 Å². The van der Waals surface area contributed by atoms with Gasteiger partial charge >= 0.3 is 0 Å². The van der Waals surface area contributed by atoms with Crippen molar-refractivity contribution >= 4 is 22.9 Å². The number of fused-ring (bicyclic) bond motifs is 1. The highest BCUT2D eigenvalue weighted by Crippen LogP contribution is 2.36. The molecular weight excluding hydrogens is 330 g/mol. The SMILES string of the molecule is C/C(Nc1cnn(C)c1)=C1/C(=O)Nc2cnc(-c3cnn(C)c3C)cc21. The number of anilines is 2. The summed E-state index contributed by atoms with van der Waals surface area (Å²) in [6.45, 7) is 3.87. The quantitative estimate of drug-likeness (QED) is 0.708. The monoisotopic (exact) mass is 349 g/mol. The Hall–Kier alpha value is -3.42. The molecule has 0 bridgehead atoms. The van der Waals surface area contributed by atoms with Crippen LogP contribution in [0.4, 0.5) is 11.4 Å². The Morgan fingerprint density at radius 3 is 2.62 bits per heavy atom. The third-order valence-corrected chi connectivity index (χ3v) is 4.57. The van der Waals surface area contributed by atoms with Gasteiger partial charge in [0.15, 0.2) is 0 Å². The molecule has 8 heteroatoms. The fraction of sp³-hybridized carbons (Fsp3) is 0.222. The molecule has 0 radical (unpaired) electrons. The van der Waals surface area contributed by atoms with Crippen LogP contribution in [0, 0.1) is 6.92 Å². The first-order chi connectivity index (χ1) is 12.4. The molecule has 4 rings (SSSR count). The summed E-state index contributed by atoms with van der Waals surface area (Å²) in [5.74, 6) is -0.143. The number of aryl methyl sites for hydroxylation is 2. The maximum absolute atomic E-state index is 12.5. The van der Waals surface area contributed by atoms with Crippen LogP contribution in [0.1, 0.15) is 18.2 Å². The first kappa shape index (κ1) is 16.1. The summed E-state index contributed by atoms with van der Waals surface area (Å²) in [4.78, 5) is 17.0. The first-order valence-electron chi connectivity index (χ1n) is 8.21. The molecule has 0 aromatic carbocycles. The van der Waals surface area contributed by atoms with Crippen molar-refractivity contribution < 1.29 is 4.79 Å². The number of hydrogen-bond donors (Lipinski definition) is 2. The van der Waals surface area contributed by atoms with Gasteiger partial charge < -0.3 is 10.6 Å². The van der Waals surface area contributed by atoms with E-state index >= 15 is 0 Å². The zero-order valence-electron chi connectivity index (χ0n) is 15.0. The van der Waals surface area contributed by atoms with Crippen molar-refractivity contribution in [3.8, 4) is 11.3 Å². The van der Waals surface area contributed by atoms with E-state index in [1.54, 1.807) is 28.0 Å². The lowest BCUT2D eigenvalue weighted by Gasteiger charge is -2.08. The average Bonchev–Trinajstić information content (AvgIpc) is 3.25. The molecule has 26 heavy (non-hydrogen) atoms. The number of pyridine rings is 1. The molecule has 3 aromatic heterocycles. The minimum atomic E-state index is -0.143. The number of aromatic nitrogens is 5. The fourth-order valence-corrected chi connectivity index (χ4v) is 3.10. The number of carbonyl (C=O) groups excluding carboxylic acids is 1. The number of nitrogens with zero attached hydrogens (tertiary/aromatic N) is 5. The van der Waals surface area contributed by atoms with Crippen LogP contribution in [0.5, 0.6) is 0 Å². The zero-order chi connectivity index (χ0) is 18.4. The van der Waals surface area contributed by atoms with Gasteiger partial charge in [-0.3, -0.25) is 19.1 Å². The highest BCUT2D eigenvalue weighted by Gasteiger charge is 2.28. The molecule has 3 aromatic rings. The minimum Gasteiger partial charge on any atom is -0.356 e. The molecular formula is C18H19N7O. The predicted molar refractivity (Wildman–Crippen MR) is 99.2 cm³/mol. The third-order valence-electron chi connectivity index (χ3n) is 4.57. The second kappa shape index (κ2) is 5.83. The standard InChI is InChI=1S/C18H19N7O/c1-10(22-12-6-20-24(3)9-12)17-13-5-15(14-7-21-25(4)11(14)2)19-8-16(13)23-18(17)26/h5-9,22H,1-4H3,(H,23,26)/b17-10-. The van der Waals surface area contributed by atoms with E-state index in [4.69, 9.17) is 0 Å². The van der Waals surface area contributed by atoms with E-state index in [1.165, 1.54) is 0 Å². The second-order valence-corrected chi connectivity index (χ2v) is 6.36. The van der Waals surface area contributed by atoms with Gasteiger partial charge in [-0.05, 0) is 19.9 Å². The van der Waals surface area contributed by atoms with E-state index in [-0.39, 0.29) is 5.91 Å². The number of nitrogens with one attached hydrogen (secondary N) is 2. The van der Waals surface area contributed by atoms with Gasteiger partial charge in [-0.15, -0.1) is 0 Å². The Kier molecular flexibility index (Phi) is 3.61. The van der Waals surface area contributed by atoms with Crippen molar-refractivity contribution in [3.63, 3.8) is 0 Å². The molecule has 1 aliphatic rings. The van der Waals surface area contributed by atoms with Gasteiger partial charge in [0, 0.05) is 42.8 Å². The number of allylic oxidation sites excluding steroid dienone is 1. The highest BCUT2D eigenvalue weighted by atomic mass is 16.2. The van der Waals surface area contributed by atoms with E-state index < -0.39 is 0 Å². The molecule has 4 heterocycles. The third kappa shape index (κ3) is 2.55. The van der Waals surface area contributed by atoms with Gasteiger partial charge in [0.1, 0.15) is 0 Å². The number of carbonyl (C=O) groups is 1. The highest BCUT2D eigenvalue weighted by molar-refractivity contribution is 6.32. The van der Waals surface area contributed by atoms with Crippen LogP contribution in [0.25, 0.3) is 16.8 Å². The summed E-state index contributed by atoms with van der Waals surface area (Å²) in [7, 11) is 3.74. The lowest BCUT2D eigenvalue weighted by Crippen LogP contribution is -2.08. The van der Waals surface area contributed by atoms with Crippen LogP contribution >= 0.6 is 0 Å². The lowest BCUT2D eigenvalue weighted by molar-refractivity contribution is -0.110. The van der Waals surface area contributed by atoms with E-state index in [0.717, 1.165) is 33.9 Å². The molecule has 0 fully saturated rings. The van der Waals surface area contributed by atoms with Gasteiger partial charge in [0.25, 0.3) is 5.91 Å². The van der Waals surface area contributed by atoms with Crippen molar-refractivity contribution in [1.82, 2.24) is 24.5 Å². The fourth-order valence-electron chi connectivity index (χ4n) is 3.10. The van der Waals surface area contributed by atoms with Crippen LogP contribution in [0.3, 0.4) is 0 Å². The van der Waals surface area contributed by atoms with E-state index in [0.29, 0.717) is 11.3 Å². The van der Waals surface area contributed by atoms with Crippen LogP contribution in [0.15, 0.2) is 36.6 Å². The molecule has 0 unspecified atom stereocenters. The maximum Gasteiger partial charge on any atom is 0.258 e. The molecule has 0 aliphatic carbocycles. The second-order valence-electron chi connectivity index (χ2n) is 6.36. The molecule has 0 saturated carbocycles. The molecule has 1 amide bonds. The lowest BCUT2D eigenvalue weighted by atomic mass is 10.0.